The minimum Gasteiger partial charge on any atom is -0.365 e. The first-order valence-corrected chi connectivity index (χ1v) is 10.0. The molecule has 1 aromatic rings. The van der Waals surface area contributed by atoms with Gasteiger partial charge in [-0.2, -0.15) is 8.42 Å². The number of hydrogen-bond donors (Lipinski definition) is 2. The highest BCUT2D eigenvalue weighted by Crippen LogP contribution is 2.34. The lowest BCUT2D eigenvalue weighted by Crippen LogP contribution is -2.61. The van der Waals surface area contributed by atoms with Crippen LogP contribution in [0, 0.1) is 6.92 Å². The fourth-order valence-corrected chi connectivity index (χ4v) is 3.67. The molecule has 0 saturated carbocycles. The number of carbonyl (C=O) groups is 1. The maximum atomic E-state index is 13.5. The quantitative estimate of drug-likeness (QED) is 0.707. The Balaban J connectivity index is 2.61. The third-order valence-electron chi connectivity index (χ3n) is 4.93. The third kappa shape index (κ3) is 4.52. The molecule has 0 bridgehead atoms. The number of aryl methyl sites for hydroxylation is 1. The molecule has 10 heteroatoms. The van der Waals surface area contributed by atoms with Crippen LogP contribution in [0.1, 0.15) is 18.1 Å². The minimum absolute atomic E-state index is 0.193. The maximum absolute atomic E-state index is 13.5. The van der Waals surface area contributed by atoms with Crippen molar-refractivity contribution in [2.75, 3.05) is 40.3 Å². The molecule has 2 rings (SSSR count). The van der Waals surface area contributed by atoms with Gasteiger partial charge in [0.15, 0.2) is 5.11 Å². The van der Waals surface area contributed by atoms with Gasteiger partial charge in [0.2, 0.25) is 0 Å². The zero-order valence-corrected chi connectivity index (χ0v) is 17.6. The molecule has 0 spiro atoms. The van der Waals surface area contributed by atoms with E-state index in [1.54, 1.807) is 33.2 Å². The molecule has 0 radical (unpaired) electrons. The predicted molar refractivity (Wildman–Crippen MR) is 108 cm³/mol. The lowest BCUT2D eigenvalue weighted by molar-refractivity contribution is -0.140. The Morgan fingerprint density at radius 1 is 1.37 bits per heavy atom. The second kappa shape index (κ2) is 8.87. The fourth-order valence-electron chi connectivity index (χ4n) is 3.23. The molecular formula is C17H25N5O3S2. The van der Waals surface area contributed by atoms with Gasteiger partial charge in [-0.3, -0.25) is 14.6 Å². The van der Waals surface area contributed by atoms with Crippen molar-refractivity contribution < 1.29 is 13.2 Å². The van der Waals surface area contributed by atoms with Gasteiger partial charge in [-0.1, -0.05) is 12.1 Å². The van der Waals surface area contributed by atoms with Crippen LogP contribution in [-0.2, 0) is 20.8 Å². The molecule has 0 aromatic heterocycles. The summed E-state index contributed by atoms with van der Waals surface area (Å²) < 4.78 is 25.8. The number of nitrogens with one attached hydrogen (secondary N) is 2. The molecule has 2 N–H and O–H groups in total. The van der Waals surface area contributed by atoms with Gasteiger partial charge >= 0.3 is 10.5 Å². The van der Waals surface area contributed by atoms with E-state index in [0.29, 0.717) is 29.5 Å². The average molecular weight is 412 g/mol. The number of piperazine rings is 1. The molecule has 148 valence electrons. The second-order valence-corrected chi connectivity index (χ2v) is 7.54. The smallest absolute Gasteiger partial charge is 0.316 e. The van der Waals surface area contributed by atoms with Gasteiger partial charge in [0.1, 0.15) is 5.54 Å². The lowest BCUT2D eigenvalue weighted by atomic mass is 9.86. The number of thiocarbonyl (C=S) groups is 1. The summed E-state index contributed by atoms with van der Waals surface area (Å²) >= 11 is 5.24. The first kappa shape index (κ1) is 21.4. The van der Waals surface area contributed by atoms with E-state index >= 15 is 0 Å². The van der Waals surface area contributed by atoms with Gasteiger partial charge in [0.25, 0.3) is 5.91 Å². The highest BCUT2D eigenvalue weighted by atomic mass is 32.2. The number of rotatable bonds is 4. The van der Waals surface area contributed by atoms with Crippen LogP contribution >= 0.6 is 12.2 Å². The van der Waals surface area contributed by atoms with Crippen molar-refractivity contribution in [3.63, 3.8) is 0 Å². The van der Waals surface area contributed by atoms with E-state index in [9.17, 15) is 13.2 Å². The summed E-state index contributed by atoms with van der Waals surface area (Å²) in [7, 11) is 0.731. The summed E-state index contributed by atoms with van der Waals surface area (Å²) in [6.45, 7) is 6.50. The molecule has 1 amide bonds. The van der Waals surface area contributed by atoms with Crippen molar-refractivity contribution in [3.05, 3.63) is 29.3 Å². The molecule has 1 aromatic carbocycles. The number of carbonyl (C=O) groups excluding carboxylic acids is 1. The minimum atomic E-state index is -2.57. The van der Waals surface area contributed by atoms with Crippen molar-refractivity contribution in [2.24, 2.45) is 4.36 Å². The molecule has 0 aliphatic carbocycles. The Morgan fingerprint density at radius 2 is 2.00 bits per heavy atom. The lowest BCUT2D eigenvalue weighted by Gasteiger charge is -2.44. The topological polar surface area (TPSA) is 94.1 Å². The summed E-state index contributed by atoms with van der Waals surface area (Å²) in [5.41, 5.74) is 0.709. The van der Waals surface area contributed by atoms with E-state index in [4.69, 9.17) is 12.2 Å². The van der Waals surface area contributed by atoms with E-state index in [-0.39, 0.29) is 5.91 Å². The van der Waals surface area contributed by atoms with Crippen molar-refractivity contribution in [1.82, 2.24) is 20.4 Å². The van der Waals surface area contributed by atoms with E-state index in [0.717, 1.165) is 18.7 Å². The van der Waals surface area contributed by atoms with Crippen LogP contribution in [0.2, 0.25) is 0 Å². The largest absolute Gasteiger partial charge is 0.365 e. The molecule has 1 aliphatic heterocycles. The van der Waals surface area contributed by atoms with Crippen LogP contribution in [0.4, 0.5) is 5.69 Å². The van der Waals surface area contributed by atoms with Crippen LogP contribution in [0.3, 0.4) is 0 Å². The van der Waals surface area contributed by atoms with Crippen LogP contribution < -0.4 is 10.6 Å². The van der Waals surface area contributed by atoms with E-state index in [1.807, 2.05) is 13.0 Å². The van der Waals surface area contributed by atoms with E-state index < -0.39 is 16.0 Å². The number of benzene rings is 1. The first-order chi connectivity index (χ1) is 12.7. The zero-order chi connectivity index (χ0) is 20.2. The van der Waals surface area contributed by atoms with Crippen molar-refractivity contribution in [3.8, 4) is 0 Å². The van der Waals surface area contributed by atoms with E-state index in [2.05, 4.69) is 19.9 Å². The molecule has 27 heavy (non-hydrogen) atoms. The summed E-state index contributed by atoms with van der Waals surface area (Å²) in [5.74, 6) is -0.193. The summed E-state index contributed by atoms with van der Waals surface area (Å²) in [6, 6.07) is 5.30. The first-order valence-electron chi connectivity index (χ1n) is 8.59. The van der Waals surface area contributed by atoms with Crippen molar-refractivity contribution in [2.45, 2.75) is 19.4 Å². The summed E-state index contributed by atoms with van der Waals surface area (Å²) in [4.78, 5) is 17.0. The Hall–Kier alpha value is -1.88. The van der Waals surface area contributed by atoms with Gasteiger partial charge in [-0.25, -0.2) is 0 Å². The number of likely N-dealkylation sites (N-methyl/N-ethyl adjacent to an activating group) is 1. The molecule has 1 atom stereocenters. The Kier molecular flexibility index (Phi) is 7.04. The van der Waals surface area contributed by atoms with Crippen LogP contribution in [-0.4, -0.2) is 69.5 Å². The highest BCUT2D eigenvalue weighted by Gasteiger charge is 2.44. The molecule has 1 unspecified atom stereocenters. The fraction of sp³-hybridized carbons (Fsp3) is 0.529. The van der Waals surface area contributed by atoms with Crippen LogP contribution in [0.15, 0.2) is 22.6 Å². The molecule has 1 saturated heterocycles. The normalized spacial score (nSPS) is 16.9. The van der Waals surface area contributed by atoms with Crippen molar-refractivity contribution in [1.29, 1.82) is 0 Å². The zero-order valence-electron chi connectivity index (χ0n) is 15.9. The van der Waals surface area contributed by atoms with E-state index in [1.165, 1.54) is 4.90 Å². The van der Waals surface area contributed by atoms with Gasteiger partial charge < -0.3 is 10.6 Å². The SMILES string of the molecule is CNC(=S)N(C)C(=O)C(C)(c1ccc(C)c(N=S(=O)=O)c1)N1CCNCC1. The van der Waals surface area contributed by atoms with Crippen molar-refractivity contribution >= 4 is 39.4 Å². The number of nitrogens with zero attached hydrogens (tertiary/aromatic N) is 3. The predicted octanol–water partition coefficient (Wildman–Crippen LogP) is 0.772. The van der Waals surface area contributed by atoms with Gasteiger partial charge in [-0.15, -0.1) is 4.36 Å². The Bertz CT molecular complexity index is 857. The van der Waals surface area contributed by atoms with Crippen LogP contribution in [0.25, 0.3) is 0 Å². The second-order valence-electron chi connectivity index (χ2n) is 6.54. The summed E-state index contributed by atoms with van der Waals surface area (Å²) in [6.07, 6.45) is 0. The van der Waals surface area contributed by atoms with Gasteiger partial charge in [0, 0.05) is 40.3 Å². The molecule has 1 fully saturated rings. The Morgan fingerprint density at radius 3 is 2.56 bits per heavy atom. The third-order valence-corrected chi connectivity index (χ3v) is 5.76. The Labute approximate surface area is 166 Å². The maximum Gasteiger partial charge on any atom is 0.316 e. The van der Waals surface area contributed by atoms with Gasteiger partial charge in [0.05, 0.1) is 5.69 Å². The monoisotopic (exact) mass is 411 g/mol. The van der Waals surface area contributed by atoms with Crippen LogP contribution in [0.5, 0.6) is 0 Å². The molecule has 1 heterocycles. The highest BCUT2D eigenvalue weighted by molar-refractivity contribution is 7.80. The molecule has 8 nitrogen and oxygen atoms in total. The van der Waals surface area contributed by atoms with Gasteiger partial charge in [-0.05, 0) is 43.3 Å². The number of amides is 1. The average Bonchev–Trinajstić information content (AvgIpc) is 2.67. The molecule has 1 aliphatic rings. The summed E-state index contributed by atoms with van der Waals surface area (Å²) in [5, 5.41) is 6.43. The number of hydrogen-bond acceptors (Lipinski definition) is 7. The molecular weight excluding hydrogens is 386 g/mol. The standard InChI is InChI=1S/C17H25N5O3S2/c1-12-5-6-13(11-14(12)20-27(24)25)17(2,22-9-7-19-8-10-22)15(23)21(4)16(26)18-3/h5-6,11,19H,7-10H2,1-4H3,(H,18,26).